The number of nitrogens with zero attached hydrogens (tertiary/aromatic N) is 3. The van der Waals surface area contributed by atoms with Crippen LogP contribution < -0.4 is 5.32 Å². The van der Waals surface area contributed by atoms with Crippen LogP contribution in [0.1, 0.15) is 17.3 Å². The number of methoxy groups -OCH3 is 1. The lowest BCUT2D eigenvalue weighted by Gasteiger charge is -2.38. The van der Waals surface area contributed by atoms with Gasteiger partial charge in [-0.15, -0.1) is 0 Å². The van der Waals surface area contributed by atoms with Crippen LogP contribution in [0.15, 0.2) is 91.1 Å². The first kappa shape index (κ1) is 23.6. The molecule has 1 aliphatic heterocycles. The van der Waals surface area contributed by atoms with E-state index in [1.54, 1.807) is 7.11 Å². The van der Waals surface area contributed by atoms with Crippen molar-refractivity contribution < 1.29 is 14.3 Å². The largest absolute Gasteiger partial charge is 0.383 e. The molecule has 7 nitrogen and oxygen atoms in total. The molecule has 0 radical (unpaired) electrons. The third-order valence-corrected chi connectivity index (χ3v) is 6.68. The molecule has 0 bridgehead atoms. The summed E-state index contributed by atoms with van der Waals surface area (Å²) in [6.07, 6.45) is 2.05. The number of aromatic nitrogens is 1. The second-order valence-corrected chi connectivity index (χ2v) is 8.90. The summed E-state index contributed by atoms with van der Waals surface area (Å²) in [5, 5.41) is 5.00. The Labute approximate surface area is 210 Å². The predicted octanol–water partition coefficient (Wildman–Crippen LogP) is 4.75. The summed E-state index contributed by atoms with van der Waals surface area (Å²) in [6, 6.07) is 27.3. The van der Waals surface area contributed by atoms with E-state index >= 15 is 0 Å². The SMILES string of the molecule is COCCN(CC(=O)N1CCn2cccc2C1c1ccccc1)C(=O)Nc1cccc2ccccc12. The summed E-state index contributed by atoms with van der Waals surface area (Å²) in [7, 11) is 1.59. The maximum atomic E-state index is 13.7. The van der Waals surface area contributed by atoms with E-state index in [1.165, 1.54) is 4.90 Å². The van der Waals surface area contributed by atoms with Crippen molar-refractivity contribution in [2.75, 3.05) is 38.7 Å². The van der Waals surface area contributed by atoms with Crippen LogP contribution in [0.2, 0.25) is 0 Å². The minimum atomic E-state index is -0.326. The molecule has 0 fully saturated rings. The number of rotatable bonds is 7. The van der Waals surface area contributed by atoms with Gasteiger partial charge in [-0.1, -0.05) is 66.7 Å². The Kier molecular flexibility index (Phi) is 7.00. The fourth-order valence-corrected chi connectivity index (χ4v) is 4.87. The number of fused-ring (bicyclic) bond motifs is 2. The normalized spacial score (nSPS) is 14.9. The van der Waals surface area contributed by atoms with E-state index in [2.05, 4.69) is 22.1 Å². The number of nitrogens with one attached hydrogen (secondary N) is 1. The number of benzene rings is 3. The molecule has 0 aliphatic carbocycles. The lowest BCUT2D eigenvalue weighted by Crippen LogP contribution is -2.49. The van der Waals surface area contributed by atoms with Gasteiger partial charge in [0.1, 0.15) is 6.54 Å². The van der Waals surface area contributed by atoms with E-state index in [1.807, 2.05) is 83.8 Å². The zero-order valence-corrected chi connectivity index (χ0v) is 20.3. The smallest absolute Gasteiger partial charge is 0.322 e. The molecule has 1 aliphatic rings. The fourth-order valence-electron chi connectivity index (χ4n) is 4.87. The standard InChI is InChI=1S/C29H30N4O3/c1-36-20-19-32(29(35)30-25-14-7-12-22-9-5-6-13-24(22)25)21-27(34)33-18-17-31-16-8-15-26(31)28(33)23-10-3-2-4-11-23/h2-16,28H,17-21H2,1H3,(H,30,35). The number of carbonyl (C=O) groups is 2. The summed E-state index contributed by atoms with van der Waals surface area (Å²) < 4.78 is 7.44. The molecule has 0 saturated carbocycles. The van der Waals surface area contributed by atoms with E-state index in [9.17, 15) is 9.59 Å². The molecule has 1 aromatic heterocycles. The van der Waals surface area contributed by atoms with Gasteiger partial charge < -0.3 is 24.4 Å². The molecule has 2 heterocycles. The summed E-state index contributed by atoms with van der Waals surface area (Å²) in [5.41, 5.74) is 2.84. The number of urea groups is 1. The average Bonchev–Trinajstić information content (AvgIpc) is 3.40. The zero-order chi connectivity index (χ0) is 24.9. The number of anilines is 1. The minimum absolute atomic E-state index is 0.0377. The van der Waals surface area contributed by atoms with E-state index in [0.717, 1.165) is 28.6 Å². The summed E-state index contributed by atoms with van der Waals surface area (Å²) in [4.78, 5) is 30.5. The van der Waals surface area contributed by atoms with Crippen LogP contribution in [0.25, 0.3) is 10.8 Å². The molecule has 7 heteroatoms. The Morgan fingerprint density at radius 3 is 2.56 bits per heavy atom. The summed E-state index contributed by atoms with van der Waals surface area (Å²) >= 11 is 0. The van der Waals surface area contributed by atoms with Crippen molar-refractivity contribution in [3.63, 3.8) is 0 Å². The summed E-state index contributed by atoms with van der Waals surface area (Å²) in [6.45, 7) is 1.89. The van der Waals surface area contributed by atoms with Gasteiger partial charge in [0.15, 0.2) is 0 Å². The van der Waals surface area contributed by atoms with Crippen LogP contribution >= 0.6 is 0 Å². The van der Waals surface area contributed by atoms with E-state index in [-0.39, 0.29) is 24.5 Å². The molecule has 0 saturated heterocycles. The van der Waals surface area contributed by atoms with Gasteiger partial charge in [0.05, 0.1) is 18.3 Å². The highest BCUT2D eigenvalue weighted by Crippen LogP contribution is 2.32. The highest BCUT2D eigenvalue weighted by Gasteiger charge is 2.33. The summed E-state index contributed by atoms with van der Waals surface area (Å²) in [5.74, 6) is -0.0968. The molecule has 36 heavy (non-hydrogen) atoms. The van der Waals surface area contributed by atoms with Crippen LogP contribution in [0.5, 0.6) is 0 Å². The molecule has 4 aromatic rings. The predicted molar refractivity (Wildman–Crippen MR) is 141 cm³/mol. The van der Waals surface area contributed by atoms with Gasteiger partial charge in [0, 0.05) is 44.0 Å². The Morgan fingerprint density at radius 1 is 0.944 bits per heavy atom. The zero-order valence-electron chi connectivity index (χ0n) is 20.3. The Balaban J connectivity index is 1.38. The number of ether oxygens (including phenoxy) is 1. The van der Waals surface area contributed by atoms with E-state index in [0.29, 0.717) is 25.4 Å². The molecule has 1 atom stereocenters. The first-order valence-corrected chi connectivity index (χ1v) is 12.2. The Morgan fingerprint density at radius 2 is 1.72 bits per heavy atom. The highest BCUT2D eigenvalue weighted by molar-refractivity contribution is 6.02. The maximum Gasteiger partial charge on any atom is 0.322 e. The van der Waals surface area contributed by atoms with Gasteiger partial charge in [0.25, 0.3) is 0 Å². The van der Waals surface area contributed by atoms with Gasteiger partial charge in [-0.05, 0) is 29.1 Å². The quantitative estimate of drug-likeness (QED) is 0.413. The monoisotopic (exact) mass is 482 g/mol. The lowest BCUT2D eigenvalue weighted by atomic mass is 10.00. The second-order valence-electron chi connectivity index (χ2n) is 8.90. The first-order valence-electron chi connectivity index (χ1n) is 12.2. The van der Waals surface area contributed by atoms with Crippen molar-refractivity contribution in [2.45, 2.75) is 12.6 Å². The van der Waals surface area contributed by atoms with Crippen molar-refractivity contribution in [2.24, 2.45) is 0 Å². The molecule has 3 aromatic carbocycles. The lowest BCUT2D eigenvalue weighted by molar-refractivity contribution is -0.134. The Bertz CT molecular complexity index is 1350. The van der Waals surface area contributed by atoms with Crippen LogP contribution in [0, 0.1) is 0 Å². The van der Waals surface area contributed by atoms with Crippen molar-refractivity contribution in [3.05, 3.63) is 102 Å². The number of hydrogen-bond donors (Lipinski definition) is 1. The topological polar surface area (TPSA) is 66.8 Å². The van der Waals surface area contributed by atoms with Gasteiger partial charge in [-0.25, -0.2) is 4.79 Å². The molecule has 3 amide bonds. The van der Waals surface area contributed by atoms with E-state index < -0.39 is 0 Å². The number of carbonyl (C=O) groups excluding carboxylic acids is 2. The van der Waals surface area contributed by atoms with Gasteiger partial charge in [-0.3, -0.25) is 4.79 Å². The molecule has 0 spiro atoms. The van der Waals surface area contributed by atoms with Crippen LogP contribution in [0.3, 0.4) is 0 Å². The van der Waals surface area contributed by atoms with E-state index in [4.69, 9.17) is 4.74 Å². The van der Waals surface area contributed by atoms with Gasteiger partial charge >= 0.3 is 6.03 Å². The van der Waals surface area contributed by atoms with Crippen molar-refractivity contribution >= 4 is 28.4 Å². The average molecular weight is 483 g/mol. The van der Waals surface area contributed by atoms with Crippen molar-refractivity contribution in [1.82, 2.24) is 14.4 Å². The molecule has 1 unspecified atom stereocenters. The highest BCUT2D eigenvalue weighted by atomic mass is 16.5. The molecular formula is C29H30N4O3. The first-order chi connectivity index (χ1) is 17.7. The van der Waals surface area contributed by atoms with Crippen molar-refractivity contribution in [1.29, 1.82) is 0 Å². The molecular weight excluding hydrogens is 452 g/mol. The third-order valence-electron chi connectivity index (χ3n) is 6.68. The van der Waals surface area contributed by atoms with Crippen LogP contribution in [-0.4, -0.2) is 59.7 Å². The van der Waals surface area contributed by atoms with Crippen LogP contribution in [0.4, 0.5) is 10.5 Å². The molecule has 5 rings (SSSR count). The minimum Gasteiger partial charge on any atom is -0.383 e. The molecule has 184 valence electrons. The van der Waals surface area contributed by atoms with Crippen LogP contribution in [-0.2, 0) is 16.1 Å². The van der Waals surface area contributed by atoms with Gasteiger partial charge in [-0.2, -0.15) is 0 Å². The third kappa shape index (κ3) is 4.83. The fraction of sp³-hybridized carbons (Fsp3) is 0.241. The van der Waals surface area contributed by atoms with Gasteiger partial charge in [0.2, 0.25) is 5.91 Å². The van der Waals surface area contributed by atoms with Crippen molar-refractivity contribution in [3.8, 4) is 0 Å². The second kappa shape index (κ2) is 10.7. The Hall–Kier alpha value is -4.10. The number of amides is 3. The maximum absolute atomic E-state index is 13.7. The number of hydrogen-bond acceptors (Lipinski definition) is 3. The molecule has 1 N–H and O–H groups in total.